The normalized spacial score (nSPS) is 18.7. The Labute approximate surface area is 123 Å². The molecule has 0 spiro atoms. The van der Waals surface area contributed by atoms with E-state index in [1.807, 2.05) is 13.8 Å². The number of aromatic amines is 1. The van der Waals surface area contributed by atoms with Crippen molar-refractivity contribution < 1.29 is 9.59 Å². The number of nitrogens with one attached hydrogen (secondary N) is 2. The van der Waals surface area contributed by atoms with Gasteiger partial charge in [-0.05, 0) is 17.9 Å². The molecular formula is C15H21N3O3. The summed E-state index contributed by atoms with van der Waals surface area (Å²) in [6.45, 7) is 5.09. The molecule has 0 radical (unpaired) electrons. The van der Waals surface area contributed by atoms with E-state index in [0.717, 1.165) is 5.56 Å². The average Bonchev–Trinajstić information content (AvgIpc) is 2.43. The minimum atomic E-state index is -0.394. The molecule has 1 aliphatic heterocycles. The first-order valence-corrected chi connectivity index (χ1v) is 7.22. The predicted molar refractivity (Wildman–Crippen MR) is 78.7 cm³/mol. The average molecular weight is 291 g/mol. The van der Waals surface area contributed by atoms with Crippen molar-refractivity contribution in [1.82, 2.24) is 15.2 Å². The molecular weight excluding hydrogens is 270 g/mol. The van der Waals surface area contributed by atoms with Crippen LogP contribution in [0, 0.1) is 5.92 Å². The van der Waals surface area contributed by atoms with Crippen LogP contribution in [0.5, 0.6) is 0 Å². The highest BCUT2D eigenvalue weighted by Gasteiger charge is 2.33. The molecule has 1 aromatic rings. The summed E-state index contributed by atoms with van der Waals surface area (Å²) in [4.78, 5) is 39.7. The number of amides is 2. The summed E-state index contributed by atoms with van der Waals surface area (Å²) in [5.74, 6) is 0.176. The number of aromatic nitrogens is 1. The summed E-state index contributed by atoms with van der Waals surface area (Å²) >= 11 is 0. The van der Waals surface area contributed by atoms with E-state index in [4.69, 9.17) is 0 Å². The second-order valence-electron chi connectivity index (χ2n) is 5.76. The van der Waals surface area contributed by atoms with E-state index in [-0.39, 0.29) is 23.8 Å². The lowest BCUT2D eigenvalue weighted by Gasteiger charge is -2.36. The zero-order valence-electron chi connectivity index (χ0n) is 12.4. The second-order valence-corrected chi connectivity index (χ2v) is 5.76. The van der Waals surface area contributed by atoms with Crippen molar-refractivity contribution in [3.63, 3.8) is 0 Å². The van der Waals surface area contributed by atoms with Gasteiger partial charge in [-0.3, -0.25) is 14.4 Å². The number of carbonyl (C=O) groups excluding carboxylic acids is 2. The first-order chi connectivity index (χ1) is 9.97. The van der Waals surface area contributed by atoms with Crippen molar-refractivity contribution >= 4 is 11.8 Å². The van der Waals surface area contributed by atoms with Crippen LogP contribution in [-0.2, 0) is 16.0 Å². The smallest absolute Gasteiger partial charge is 0.247 e. The fourth-order valence-corrected chi connectivity index (χ4v) is 2.52. The van der Waals surface area contributed by atoms with Crippen LogP contribution in [0.4, 0.5) is 0 Å². The number of rotatable bonds is 4. The molecule has 0 saturated carbocycles. The fourth-order valence-electron chi connectivity index (χ4n) is 2.52. The molecule has 1 aromatic heterocycles. The Hall–Kier alpha value is -2.11. The van der Waals surface area contributed by atoms with Gasteiger partial charge in [-0.15, -0.1) is 0 Å². The summed E-state index contributed by atoms with van der Waals surface area (Å²) in [5.41, 5.74) is 0.551. The van der Waals surface area contributed by atoms with E-state index < -0.39 is 6.04 Å². The standard InChI is InChI=1S/C15H21N3O3/c1-10(2)7-12-15(21)16-5-6-18(12)14(20)8-11-3-4-13(19)17-9-11/h3-4,9-10,12H,5-8H2,1-2H3,(H,16,21)(H,17,19)/t12-/m0/s1. The van der Waals surface area contributed by atoms with Gasteiger partial charge in [-0.1, -0.05) is 19.9 Å². The predicted octanol–water partition coefficient (Wildman–Crippen LogP) is 0.290. The lowest BCUT2D eigenvalue weighted by molar-refractivity contribution is -0.143. The van der Waals surface area contributed by atoms with Gasteiger partial charge < -0.3 is 15.2 Å². The monoisotopic (exact) mass is 291 g/mol. The maximum Gasteiger partial charge on any atom is 0.247 e. The third-order valence-corrected chi connectivity index (χ3v) is 3.55. The van der Waals surface area contributed by atoms with Gasteiger partial charge in [0, 0.05) is 25.4 Å². The van der Waals surface area contributed by atoms with E-state index in [1.54, 1.807) is 17.2 Å². The summed E-state index contributed by atoms with van der Waals surface area (Å²) in [6.07, 6.45) is 2.39. The summed E-state index contributed by atoms with van der Waals surface area (Å²) < 4.78 is 0. The van der Waals surface area contributed by atoms with Crippen molar-refractivity contribution in [3.8, 4) is 0 Å². The van der Waals surface area contributed by atoms with E-state index >= 15 is 0 Å². The zero-order valence-corrected chi connectivity index (χ0v) is 12.4. The number of pyridine rings is 1. The lowest BCUT2D eigenvalue weighted by atomic mass is 9.99. The van der Waals surface area contributed by atoms with Gasteiger partial charge in [0.05, 0.1) is 6.42 Å². The molecule has 2 N–H and O–H groups in total. The molecule has 6 nitrogen and oxygen atoms in total. The summed E-state index contributed by atoms with van der Waals surface area (Å²) in [7, 11) is 0. The third kappa shape index (κ3) is 3.93. The molecule has 1 saturated heterocycles. The van der Waals surface area contributed by atoms with Gasteiger partial charge in [-0.25, -0.2) is 0 Å². The van der Waals surface area contributed by atoms with Gasteiger partial charge in [0.2, 0.25) is 17.4 Å². The Kier molecular flexibility index (Phi) is 4.77. The van der Waals surface area contributed by atoms with Gasteiger partial charge in [0.15, 0.2) is 0 Å². The van der Waals surface area contributed by atoms with E-state index in [2.05, 4.69) is 10.3 Å². The van der Waals surface area contributed by atoms with Crippen LogP contribution < -0.4 is 10.9 Å². The molecule has 2 amide bonds. The van der Waals surface area contributed by atoms with Gasteiger partial charge in [0.1, 0.15) is 6.04 Å². The number of hydrogen-bond donors (Lipinski definition) is 2. The molecule has 0 aromatic carbocycles. The van der Waals surface area contributed by atoms with Crippen LogP contribution in [0.3, 0.4) is 0 Å². The third-order valence-electron chi connectivity index (χ3n) is 3.55. The number of H-pyrrole nitrogens is 1. The minimum Gasteiger partial charge on any atom is -0.353 e. The molecule has 114 valence electrons. The molecule has 0 unspecified atom stereocenters. The second kappa shape index (κ2) is 6.56. The lowest BCUT2D eigenvalue weighted by Crippen LogP contribution is -2.57. The molecule has 1 fully saturated rings. The minimum absolute atomic E-state index is 0.0789. The zero-order chi connectivity index (χ0) is 15.4. The topological polar surface area (TPSA) is 82.3 Å². The Morgan fingerprint density at radius 1 is 1.38 bits per heavy atom. The molecule has 0 aliphatic carbocycles. The van der Waals surface area contributed by atoms with E-state index in [9.17, 15) is 14.4 Å². The maximum atomic E-state index is 12.4. The summed E-state index contributed by atoms with van der Waals surface area (Å²) in [5, 5.41) is 2.81. The number of hydrogen-bond acceptors (Lipinski definition) is 3. The van der Waals surface area contributed by atoms with Crippen LogP contribution in [0.1, 0.15) is 25.8 Å². The van der Waals surface area contributed by atoms with Gasteiger partial charge in [0.25, 0.3) is 0 Å². The summed E-state index contributed by atoms with van der Waals surface area (Å²) in [6, 6.07) is 2.64. The molecule has 6 heteroatoms. The fraction of sp³-hybridized carbons (Fsp3) is 0.533. The number of carbonyl (C=O) groups is 2. The molecule has 21 heavy (non-hydrogen) atoms. The Morgan fingerprint density at radius 2 is 2.14 bits per heavy atom. The number of piperazine rings is 1. The SMILES string of the molecule is CC(C)C[C@H]1C(=O)NCCN1C(=O)Cc1ccc(=O)[nH]c1. The number of nitrogens with zero attached hydrogens (tertiary/aromatic N) is 1. The largest absolute Gasteiger partial charge is 0.353 e. The van der Waals surface area contributed by atoms with Crippen molar-refractivity contribution in [1.29, 1.82) is 0 Å². The maximum absolute atomic E-state index is 12.4. The quantitative estimate of drug-likeness (QED) is 0.836. The van der Waals surface area contributed by atoms with Gasteiger partial charge in [-0.2, -0.15) is 0 Å². The van der Waals surface area contributed by atoms with Crippen LogP contribution in [0.2, 0.25) is 0 Å². The Morgan fingerprint density at radius 3 is 2.76 bits per heavy atom. The first-order valence-electron chi connectivity index (χ1n) is 7.22. The van der Waals surface area contributed by atoms with Crippen LogP contribution >= 0.6 is 0 Å². The Bertz CT molecular complexity index is 559. The van der Waals surface area contributed by atoms with Crippen LogP contribution in [0.15, 0.2) is 23.1 Å². The highest BCUT2D eigenvalue weighted by atomic mass is 16.2. The van der Waals surface area contributed by atoms with E-state index in [1.165, 1.54) is 6.07 Å². The highest BCUT2D eigenvalue weighted by Crippen LogP contribution is 2.16. The van der Waals surface area contributed by atoms with Crippen molar-refractivity contribution in [2.24, 2.45) is 5.92 Å². The highest BCUT2D eigenvalue weighted by molar-refractivity contribution is 5.89. The van der Waals surface area contributed by atoms with Crippen molar-refractivity contribution in [2.75, 3.05) is 13.1 Å². The molecule has 1 atom stereocenters. The van der Waals surface area contributed by atoms with Crippen molar-refractivity contribution in [2.45, 2.75) is 32.7 Å². The molecule has 1 aliphatic rings. The van der Waals surface area contributed by atoms with Gasteiger partial charge >= 0.3 is 0 Å². The Balaban J connectivity index is 2.09. The van der Waals surface area contributed by atoms with E-state index in [0.29, 0.717) is 25.4 Å². The van der Waals surface area contributed by atoms with Crippen LogP contribution in [0.25, 0.3) is 0 Å². The van der Waals surface area contributed by atoms with Crippen LogP contribution in [-0.4, -0.2) is 40.8 Å². The molecule has 0 bridgehead atoms. The first kappa shape index (κ1) is 15.3. The molecule has 2 rings (SSSR count). The molecule has 2 heterocycles. The van der Waals surface area contributed by atoms with Crippen molar-refractivity contribution in [3.05, 3.63) is 34.2 Å².